The zero-order chi connectivity index (χ0) is 14.3. The van der Waals surface area contributed by atoms with Crippen molar-refractivity contribution in [2.45, 2.75) is 45.6 Å². The van der Waals surface area contributed by atoms with Crippen LogP contribution in [0.25, 0.3) is 0 Å². The molecular weight excluding hydrogens is 262 g/mol. The third kappa shape index (κ3) is 2.69. The Labute approximate surface area is 115 Å². The van der Waals surface area contributed by atoms with Gasteiger partial charge in [0.2, 0.25) is 0 Å². The second-order valence-corrected chi connectivity index (χ2v) is 7.98. The SMILES string of the molecule is Cc1nn(C2(C)CCS(=O)(=O)C2)c(C)c1CCCN. The summed E-state index contributed by atoms with van der Waals surface area (Å²) < 4.78 is 25.4. The zero-order valence-corrected chi connectivity index (χ0v) is 12.8. The molecule has 1 fully saturated rings. The third-order valence-electron chi connectivity index (χ3n) is 4.07. The first-order chi connectivity index (χ1) is 8.79. The second-order valence-electron chi connectivity index (χ2n) is 5.79. The molecule has 19 heavy (non-hydrogen) atoms. The van der Waals surface area contributed by atoms with Crippen LogP contribution >= 0.6 is 0 Å². The van der Waals surface area contributed by atoms with Crippen molar-refractivity contribution in [1.82, 2.24) is 9.78 Å². The number of sulfone groups is 1. The van der Waals surface area contributed by atoms with Gasteiger partial charge in [-0.3, -0.25) is 4.68 Å². The van der Waals surface area contributed by atoms with Crippen LogP contribution < -0.4 is 5.73 Å². The van der Waals surface area contributed by atoms with Gasteiger partial charge < -0.3 is 5.73 Å². The Morgan fingerprint density at radius 1 is 1.42 bits per heavy atom. The molecule has 0 aromatic carbocycles. The summed E-state index contributed by atoms with van der Waals surface area (Å²) in [5.74, 6) is 0.457. The summed E-state index contributed by atoms with van der Waals surface area (Å²) in [6.45, 7) is 6.67. The van der Waals surface area contributed by atoms with Gasteiger partial charge in [-0.25, -0.2) is 8.42 Å². The van der Waals surface area contributed by atoms with Gasteiger partial charge in [0.05, 0.1) is 22.7 Å². The number of aryl methyl sites for hydroxylation is 1. The van der Waals surface area contributed by atoms with Crippen molar-refractivity contribution >= 4 is 9.84 Å². The predicted molar refractivity (Wildman–Crippen MR) is 76.0 cm³/mol. The summed E-state index contributed by atoms with van der Waals surface area (Å²) in [4.78, 5) is 0. The standard InChI is InChI=1S/C13H23N3O2S/c1-10-12(5-4-7-14)11(2)16(15-10)13(3)6-8-19(17,18)9-13/h4-9,14H2,1-3H3. The quantitative estimate of drug-likeness (QED) is 0.892. The smallest absolute Gasteiger partial charge is 0.152 e. The van der Waals surface area contributed by atoms with Gasteiger partial charge >= 0.3 is 0 Å². The van der Waals surface area contributed by atoms with Gasteiger partial charge in [0.15, 0.2) is 9.84 Å². The molecule has 5 nitrogen and oxygen atoms in total. The molecule has 2 heterocycles. The maximum atomic E-state index is 11.7. The van der Waals surface area contributed by atoms with Crippen LogP contribution in [0.15, 0.2) is 0 Å². The van der Waals surface area contributed by atoms with Gasteiger partial charge in [-0.1, -0.05) is 0 Å². The first kappa shape index (κ1) is 14.5. The van der Waals surface area contributed by atoms with Crippen molar-refractivity contribution in [2.24, 2.45) is 5.73 Å². The van der Waals surface area contributed by atoms with E-state index in [2.05, 4.69) is 5.10 Å². The van der Waals surface area contributed by atoms with Gasteiger partial charge in [-0.2, -0.15) is 5.10 Å². The highest BCUT2D eigenvalue weighted by Gasteiger charge is 2.41. The normalized spacial score (nSPS) is 25.9. The summed E-state index contributed by atoms with van der Waals surface area (Å²) in [6.07, 6.45) is 2.49. The Balaban J connectivity index is 2.36. The Hall–Kier alpha value is -0.880. The fourth-order valence-electron chi connectivity index (χ4n) is 3.00. The highest BCUT2D eigenvalue weighted by Crippen LogP contribution is 2.32. The third-order valence-corrected chi connectivity index (χ3v) is 5.95. The monoisotopic (exact) mass is 285 g/mol. The Morgan fingerprint density at radius 2 is 2.11 bits per heavy atom. The highest BCUT2D eigenvalue weighted by molar-refractivity contribution is 7.91. The minimum Gasteiger partial charge on any atom is -0.330 e. The van der Waals surface area contributed by atoms with Crippen LogP contribution in [0.3, 0.4) is 0 Å². The van der Waals surface area contributed by atoms with E-state index in [0.717, 1.165) is 24.2 Å². The molecule has 2 rings (SSSR count). The van der Waals surface area contributed by atoms with Crippen LogP contribution in [-0.4, -0.2) is 36.2 Å². The van der Waals surface area contributed by atoms with E-state index in [9.17, 15) is 8.42 Å². The van der Waals surface area contributed by atoms with E-state index in [1.807, 2.05) is 25.5 Å². The van der Waals surface area contributed by atoms with E-state index in [4.69, 9.17) is 5.73 Å². The molecule has 0 radical (unpaired) electrons. The van der Waals surface area contributed by atoms with Gasteiger partial charge in [-0.05, 0) is 52.1 Å². The van der Waals surface area contributed by atoms with Crippen molar-refractivity contribution in [2.75, 3.05) is 18.1 Å². The topological polar surface area (TPSA) is 78.0 Å². The molecule has 2 N–H and O–H groups in total. The molecule has 1 aliphatic rings. The zero-order valence-electron chi connectivity index (χ0n) is 11.9. The van der Waals surface area contributed by atoms with Gasteiger partial charge in [0.25, 0.3) is 0 Å². The van der Waals surface area contributed by atoms with E-state index in [0.29, 0.717) is 13.0 Å². The van der Waals surface area contributed by atoms with Crippen molar-refractivity contribution in [1.29, 1.82) is 0 Å². The lowest BCUT2D eigenvalue weighted by atomic mass is 10.0. The van der Waals surface area contributed by atoms with Crippen molar-refractivity contribution < 1.29 is 8.42 Å². The summed E-state index contributed by atoms with van der Waals surface area (Å²) in [6, 6.07) is 0. The van der Waals surface area contributed by atoms with Crippen LogP contribution in [0, 0.1) is 13.8 Å². The van der Waals surface area contributed by atoms with E-state index >= 15 is 0 Å². The molecule has 1 aromatic heterocycles. The second kappa shape index (κ2) is 4.90. The Bertz CT molecular complexity index is 577. The molecule has 0 bridgehead atoms. The highest BCUT2D eigenvalue weighted by atomic mass is 32.2. The first-order valence-electron chi connectivity index (χ1n) is 6.75. The molecule has 1 aromatic rings. The maximum Gasteiger partial charge on any atom is 0.152 e. The molecule has 1 saturated heterocycles. The summed E-state index contributed by atoms with van der Waals surface area (Å²) in [5.41, 5.74) is 8.47. The largest absolute Gasteiger partial charge is 0.330 e. The van der Waals surface area contributed by atoms with Gasteiger partial charge in [0.1, 0.15) is 0 Å². The predicted octanol–water partition coefficient (Wildman–Crippen LogP) is 0.925. The summed E-state index contributed by atoms with van der Waals surface area (Å²) in [7, 11) is -2.92. The first-order valence-corrected chi connectivity index (χ1v) is 8.57. The van der Waals surface area contributed by atoms with Gasteiger partial charge in [-0.15, -0.1) is 0 Å². The number of aromatic nitrogens is 2. The maximum absolute atomic E-state index is 11.7. The minimum atomic E-state index is -2.92. The molecule has 6 heteroatoms. The van der Waals surface area contributed by atoms with E-state index in [1.54, 1.807) is 0 Å². The molecule has 1 aliphatic heterocycles. The van der Waals surface area contributed by atoms with Crippen molar-refractivity contribution in [3.05, 3.63) is 17.0 Å². The molecule has 0 saturated carbocycles. The van der Waals surface area contributed by atoms with Crippen LogP contribution in [0.4, 0.5) is 0 Å². The number of hydrogen-bond acceptors (Lipinski definition) is 4. The molecule has 1 unspecified atom stereocenters. The number of nitrogens with two attached hydrogens (primary N) is 1. The van der Waals surface area contributed by atoms with Crippen LogP contribution in [0.2, 0.25) is 0 Å². The number of nitrogens with zero attached hydrogens (tertiary/aromatic N) is 2. The summed E-state index contributed by atoms with van der Waals surface area (Å²) >= 11 is 0. The average Bonchev–Trinajstić information content (AvgIpc) is 2.76. The molecule has 0 spiro atoms. The van der Waals surface area contributed by atoms with Crippen molar-refractivity contribution in [3.8, 4) is 0 Å². The van der Waals surface area contributed by atoms with E-state index in [1.165, 1.54) is 5.56 Å². The molecular formula is C13H23N3O2S. The average molecular weight is 285 g/mol. The Kier molecular flexibility index (Phi) is 3.75. The fourth-order valence-corrected chi connectivity index (χ4v) is 5.11. The fraction of sp³-hybridized carbons (Fsp3) is 0.769. The van der Waals surface area contributed by atoms with Crippen LogP contribution in [-0.2, 0) is 21.8 Å². The number of rotatable bonds is 4. The lowest BCUT2D eigenvalue weighted by Gasteiger charge is -2.24. The van der Waals surface area contributed by atoms with Gasteiger partial charge in [0, 0.05) is 5.69 Å². The summed E-state index contributed by atoms with van der Waals surface area (Å²) in [5, 5.41) is 4.59. The lowest BCUT2D eigenvalue weighted by Crippen LogP contribution is -2.33. The Morgan fingerprint density at radius 3 is 2.63 bits per heavy atom. The number of hydrogen-bond donors (Lipinski definition) is 1. The van der Waals surface area contributed by atoms with Crippen molar-refractivity contribution in [3.63, 3.8) is 0 Å². The van der Waals surface area contributed by atoms with Crippen LogP contribution in [0.5, 0.6) is 0 Å². The van der Waals surface area contributed by atoms with E-state index in [-0.39, 0.29) is 11.5 Å². The minimum absolute atomic E-state index is 0.193. The molecule has 108 valence electrons. The molecule has 0 aliphatic carbocycles. The van der Waals surface area contributed by atoms with E-state index < -0.39 is 15.4 Å². The van der Waals surface area contributed by atoms with Crippen LogP contribution in [0.1, 0.15) is 36.7 Å². The molecule has 1 atom stereocenters. The lowest BCUT2D eigenvalue weighted by molar-refractivity contribution is 0.320. The molecule has 0 amide bonds.